The Morgan fingerprint density at radius 2 is 1.93 bits per heavy atom. The van der Waals surface area contributed by atoms with E-state index in [1.54, 1.807) is 38.5 Å². The van der Waals surface area contributed by atoms with E-state index < -0.39 is 0 Å². The van der Waals surface area contributed by atoms with E-state index in [0.717, 1.165) is 34.1 Å². The maximum absolute atomic E-state index is 12.3. The lowest BCUT2D eigenvalue weighted by Gasteiger charge is -2.19. The van der Waals surface area contributed by atoms with Crippen LogP contribution in [0.5, 0.6) is 5.75 Å². The van der Waals surface area contributed by atoms with Gasteiger partial charge in [0, 0.05) is 55.6 Å². The molecule has 1 unspecified atom stereocenters. The Bertz CT molecular complexity index is 1020. The number of pyridine rings is 1. The summed E-state index contributed by atoms with van der Waals surface area (Å²) in [6, 6.07) is 11.4. The van der Waals surface area contributed by atoms with Gasteiger partial charge in [-0.1, -0.05) is 6.92 Å². The lowest BCUT2D eigenvalue weighted by Crippen LogP contribution is -2.22. The zero-order valence-electron chi connectivity index (χ0n) is 18.0. The molecule has 3 aromatic rings. The van der Waals surface area contributed by atoms with Crippen LogP contribution in [0.3, 0.4) is 0 Å². The summed E-state index contributed by atoms with van der Waals surface area (Å²) < 4.78 is 5.52. The van der Waals surface area contributed by atoms with Crippen LogP contribution in [0.1, 0.15) is 34.5 Å². The molecule has 1 amide bonds. The summed E-state index contributed by atoms with van der Waals surface area (Å²) in [4.78, 5) is 26.9. The molecule has 1 atom stereocenters. The highest BCUT2D eigenvalue weighted by atomic mass is 16.5. The van der Waals surface area contributed by atoms with Crippen LogP contribution in [0.15, 0.2) is 48.9 Å². The Balaban J connectivity index is 1.76. The van der Waals surface area contributed by atoms with Crippen LogP contribution in [0.4, 0.5) is 5.82 Å². The number of hydrogen-bond donors (Lipinski definition) is 1. The molecule has 0 bridgehead atoms. The zero-order valence-corrected chi connectivity index (χ0v) is 18.0. The van der Waals surface area contributed by atoms with E-state index in [0.29, 0.717) is 12.1 Å². The quantitative estimate of drug-likeness (QED) is 0.644. The minimum atomic E-state index is -0.0359. The Hall–Kier alpha value is -3.48. The molecule has 0 aliphatic heterocycles. The number of carbonyl (C=O) groups is 1. The van der Waals surface area contributed by atoms with E-state index in [9.17, 15) is 4.79 Å². The maximum atomic E-state index is 12.3. The van der Waals surface area contributed by atoms with Gasteiger partial charge in [-0.2, -0.15) is 0 Å². The number of aromatic nitrogens is 3. The van der Waals surface area contributed by atoms with Gasteiger partial charge in [0.2, 0.25) is 0 Å². The second kappa shape index (κ2) is 9.35. The number of aryl methyl sites for hydroxylation is 1. The molecule has 1 aromatic carbocycles. The van der Waals surface area contributed by atoms with Gasteiger partial charge in [-0.05, 0) is 42.8 Å². The van der Waals surface area contributed by atoms with E-state index in [4.69, 9.17) is 4.74 Å². The number of methoxy groups -OCH3 is 1. The monoisotopic (exact) mass is 405 g/mol. The molecule has 156 valence electrons. The Labute approximate surface area is 177 Å². The van der Waals surface area contributed by atoms with Crippen LogP contribution in [0.25, 0.3) is 11.3 Å². The minimum Gasteiger partial charge on any atom is -0.496 e. The molecule has 1 N–H and O–H groups in total. The van der Waals surface area contributed by atoms with Crippen molar-refractivity contribution in [3.63, 3.8) is 0 Å². The summed E-state index contributed by atoms with van der Waals surface area (Å²) in [5.74, 6) is 1.54. The van der Waals surface area contributed by atoms with E-state index >= 15 is 0 Å². The first kappa shape index (κ1) is 21.2. The second-order valence-electron chi connectivity index (χ2n) is 7.42. The first-order valence-electron chi connectivity index (χ1n) is 9.77. The molecule has 0 spiro atoms. The highest BCUT2D eigenvalue weighted by molar-refractivity contribution is 5.94. The lowest BCUT2D eigenvalue weighted by atomic mass is 9.97. The van der Waals surface area contributed by atoms with Gasteiger partial charge in [0.05, 0.1) is 12.8 Å². The number of rotatable bonds is 7. The topological polar surface area (TPSA) is 80.2 Å². The third-order valence-electron chi connectivity index (χ3n) is 4.88. The van der Waals surface area contributed by atoms with E-state index in [1.165, 1.54) is 0 Å². The van der Waals surface area contributed by atoms with Crippen molar-refractivity contribution in [1.82, 2.24) is 19.9 Å². The summed E-state index contributed by atoms with van der Waals surface area (Å²) in [7, 11) is 5.12. The minimum absolute atomic E-state index is 0.0359. The number of anilines is 1. The standard InChI is InChI=1S/C23H27N5O2/c1-15(19-10-17(23(29)28(3)4)8-9-21(19)30-5)12-25-22-11-20(26-14-27-22)18-7-6-16(2)24-13-18/h6-11,13-15H,12H2,1-5H3,(H,25,26,27). The van der Waals surface area contributed by atoms with Crippen molar-refractivity contribution in [2.45, 2.75) is 19.8 Å². The number of nitrogens with one attached hydrogen (secondary N) is 1. The van der Waals surface area contributed by atoms with Crippen molar-refractivity contribution >= 4 is 11.7 Å². The van der Waals surface area contributed by atoms with E-state index in [-0.39, 0.29) is 11.8 Å². The molecule has 2 heterocycles. The van der Waals surface area contributed by atoms with Crippen LogP contribution in [-0.2, 0) is 0 Å². The van der Waals surface area contributed by atoms with Crippen molar-refractivity contribution in [1.29, 1.82) is 0 Å². The summed E-state index contributed by atoms with van der Waals surface area (Å²) in [6.07, 6.45) is 3.35. The molecule has 3 rings (SSSR count). The summed E-state index contributed by atoms with van der Waals surface area (Å²) in [5.41, 5.74) is 4.32. The number of carbonyl (C=O) groups excluding carboxylic acids is 1. The van der Waals surface area contributed by atoms with Gasteiger partial charge in [0.1, 0.15) is 17.9 Å². The average Bonchev–Trinajstić information content (AvgIpc) is 2.77. The van der Waals surface area contributed by atoms with Crippen LogP contribution < -0.4 is 10.1 Å². The van der Waals surface area contributed by atoms with Gasteiger partial charge >= 0.3 is 0 Å². The average molecular weight is 406 g/mol. The van der Waals surface area contributed by atoms with Crippen molar-refractivity contribution in [3.05, 3.63) is 65.7 Å². The largest absolute Gasteiger partial charge is 0.496 e. The Morgan fingerprint density at radius 1 is 1.13 bits per heavy atom. The Morgan fingerprint density at radius 3 is 2.60 bits per heavy atom. The first-order valence-corrected chi connectivity index (χ1v) is 9.77. The summed E-state index contributed by atoms with van der Waals surface area (Å²) in [5, 5.41) is 3.36. The van der Waals surface area contributed by atoms with Gasteiger partial charge in [0.15, 0.2) is 0 Å². The van der Waals surface area contributed by atoms with Crippen molar-refractivity contribution in [2.75, 3.05) is 33.1 Å². The fourth-order valence-corrected chi connectivity index (χ4v) is 3.11. The van der Waals surface area contributed by atoms with Gasteiger partial charge in [-0.25, -0.2) is 9.97 Å². The Kier molecular flexibility index (Phi) is 6.61. The smallest absolute Gasteiger partial charge is 0.253 e. The summed E-state index contributed by atoms with van der Waals surface area (Å²) in [6.45, 7) is 4.66. The van der Waals surface area contributed by atoms with Crippen molar-refractivity contribution in [3.8, 4) is 17.0 Å². The number of hydrogen-bond acceptors (Lipinski definition) is 6. The van der Waals surface area contributed by atoms with E-state index in [1.807, 2.05) is 43.5 Å². The van der Waals surface area contributed by atoms with Crippen LogP contribution in [0.2, 0.25) is 0 Å². The predicted octanol–water partition coefficient (Wildman–Crippen LogP) is 3.77. The van der Waals surface area contributed by atoms with Crippen LogP contribution in [-0.4, -0.2) is 53.5 Å². The zero-order chi connectivity index (χ0) is 21.7. The molecule has 30 heavy (non-hydrogen) atoms. The summed E-state index contributed by atoms with van der Waals surface area (Å²) >= 11 is 0. The molecule has 2 aromatic heterocycles. The molecule has 7 heteroatoms. The van der Waals surface area contributed by atoms with Crippen molar-refractivity contribution in [2.24, 2.45) is 0 Å². The molecule has 0 aliphatic rings. The number of benzene rings is 1. The number of nitrogens with zero attached hydrogens (tertiary/aromatic N) is 4. The third kappa shape index (κ3) is 4.92. The predicted molar refractivity (Wildman–Crippen MR) is 118 cm³/mol. The molecule has 0 fully saturated rings. The van der Waals surface area contributed by atoms with Gasteiger partial charge in [0.25, 0.3) is 5.91 Å². The number of amides is 1. The van der Waals surface area contributed by atoms with Crippen LogP contribution >= 0.6 is 0 Å². The van der Waals surface area contributed by atoms with Gasteiger partial charge < -0.3 is 15.0 Å². The van der Waals surface area contributed by atoms with Gasteiger partial charge in [-0.3, -0.25) is 9.78 Å². The fraction of sp³-hybridized carbons (Fsp3) is 0.304. The fourth-order valence-electron chi connectivity index (χ4n) is 3.11. The van der Waals surface area contributed by atoms with E-state index in [2.05, 4.69) is 27.2 Å². The number of ether oxygens (including phenoxy) is 1. The molecular weight excluding hydrogens is 378 g/mol. The SMILES string of the molecule is COc1ccc(C(=O)N(C)C)cc1C(C)CNc1cc(-c2ccc(C)nc2)ncn1. The second-order valence-corrected chi connectivity index (χ2v) is 7.42. The molecular formula is C23H27N5O2. The molecule has 0 saturated carbocycles. The highest BCUT2D eigenvalue weighted by Gasteiger charge is 2.16. The molecule has 0 saturated heterocycles. The normalized spacial score (nSPS) is 11.6. The van der Waals surface area contributed by atoms with Gasteiger partial charge in [-0.15, -0.1) is 0 Å². The van der Waals surface area contributed by atoms with Crippen LogP contribution in [0, 0.1) is 6.92 Å². The first-order chi connectivity index (χ1) is 14.4. The highest BCUT2D eigenvalue weighted by Crippen LogP contribution is 2.28. The third-order valence-corrected chi connectivity index (χ3v) is 4.88. The maximum Gasteiger partial charge on any atom is 0.253 e. The van der Waals surface area contributed by atoms with Crippen molar-refractivity contribution < 1.29 is 9.53 Å². The molecule has 7 nitrogen and oxygen atoms in total. The molecule has 0 radical (unpaired) electrons. The molecule has 0 aliphatic carbocycles. The lowest BCUT2D eigenvalue weighted by molar-refractivity contribution is 0.0827.